The van der Waals surface area contributed by atoms with E-state index in [0.29, 0.717) is 17.9 Å². The van der Waals surface area contributed by atoms with Crippen molar-refractivity contribution >= 4 is 27.5 Å². The van der Waals surface area contributed by atoms with E-state index >= 15 is 0 Å². The first-order valence-electron chi connectivity index (χ1n) is 14.6. The van der Waals surface area contributed by atoms with Gasteiger partial charge in [0.1, 0.15) is 12.6 Å². The fourth-order valence-electron chi connectivity index (χ4n) is 5.40. The Morgan fingerprint density at radius 3 is 2.19 bits per heavy atom. The standard InChI is InChI=1S/C33H41N3O6S/c1-5-29(33(38)34-26-11-9-10-12-26)35(22-25-17-15-24(2)16-18-25)32(37)23-36(27-13-7-6-8-14-27)43(39,40)28-19-20-30(41-3)31(21-28)42-4/h6-8,13-21,26,29H,5,9-12,22-23H2,1-4H3,(H,34,38)/t29-/m0/s1. The molecule has 10 heteroatoms. The molecule has 2 amide bonds. The molecule has 9 nitrogen and oxygen atoms in total. The predicted octanol–water partition coefficient (Wildman–Crippen LogP) is 5.07. The van der Waals surface area contributed by atoms with Gasteiger partial charge in [-0.2, -0.15) is 0 Å². The molecule has 0 unspecified atom stereocenters. The molecule has 0 aromatic heterocycles. The number of nitrogens with zero attached hydrogens (tertiary/aromatic N) is 2. The largest absolute Gasteiger partial charge is 0.493 e. The minimum absolute atomic E-state index is 0.0575. The quantitative estimate of drug-likeness (QED) is 0.291. The molecule has 3 aromatic carbocycles. The number of nitrogens with one attached hydrogen (secondary N) is 1. The Morgan fingerprint density at radius 1 is 0.930 bits per heavy atom. The summed E-state index contributed by atoms with van der Waals surface area (Å²) in [4.78, 5) is 29.3. The number of para-hydroxylation sites is 1. The molecule has 1 N–H and O–H groups in total. The van der Waals surface area contributed by atoms with Crippen LogP contribution in [0.25, 0.3) is 0 Å². The Kier molecular flexibility index (Phi) is 10.7. The lowest BCUT2D eigenvalue weighted by molar-refractivity contribution is -0.140. The van der Waals surface area contributed by atoms with Gasteiger partial charge in [-0.15, -0.1) is 0 Å². The van der Waals surface area contributed by atoms with Crippen molar-refractivity contribution in [2.45, 2.75) is 69.5 Å². The van der Waals surface area contributed by atoms with Crippen molar-refractivity contribution in [2.75, 3.05) is 25.1 Å². The van der Waals surface area contributed by atoms with Gasteiger partial charge in [0.25, 0.3) is 10.0 Å². The molecule has 1 aliphatic rings. The number of benzene rings is 3. The number of amides is 2. The van der Waals surface area contributed by atoms with Gasteiger partial charge < -0.3 is 19.7 Å². The summed E-state index contributed by atoms with van der Waals surface area (Å²) < 4.78 is 40.0. The molecule has 0 heterocycles. The molecule has 43 heavy (non-hydrogen) atoms. The number of ether oxygens (including phenoxy) is 2. The minimum atomic E-state index is -4.24. The van der Waals surface area contributed by atoms with Crippen LogP contribution in [0, 0.1) is 6.92 Å². The highest BCUT2D eigenvalue weighted by Gasteiger charge is 2.35. The van der Waals surface area contributed by atoms with Crippen LogP contribution < -0.4 is 19.1 Å². The Morgan fingerprint density at radius 2 is 1.58 bits per heavy atom. The third-order valence-corrected chi connectivity index (χ3v) is 9.60. The summed E-state index contributed by atoms with van der Waals surface area (Å²) in [5.74, 6) is -0.0727. The van der Waals surface area contributed by atoms with Crippen LogP contribution in [0.5, 0.6) is 11.5 Å². The van der Waals surface area contributed by atoms with E-state index in [2.05, 4.69) is 5.32 Å². The highest BCUT2D eigenvalue weighted by atomic mass is 32.2. The molecule has 0 saturated heterocycles. The SMILES string of the molecule is CC[C@@H](C(=O)NC1CCCC1)N(Cc1ccc(C)cc1)C(=O)CN(c1ccccc1)S(=O)(=O)c1ccc(OC)c(OC)c1. The number of rotatable bonds is 13. The third-order valence-electron chi connectivity index (χ3n) is 7.83. The van der Waals surface area contributed by atoms with Gasteiger partial charge in [0, 0.05) is 18.7 Å². The number of hydrogen-bond acceptors (Lipinski definition) is 6. The Hall–Kier alpha value is -4.05. The van der Waals surface area contributed by atoms with Crippen molar-refractivity contribution in [1.29, 1.82) is 0 Å². The summed E-state index contributed by atoms with van der Waals surface area (Å²) in [7, 11) is -1.34. The molecule has 4 rings (SSSR count). The lowest BCUT2D eigenvalue weighted by atomic mass is 10.1. The normalized spacial score (nSPS) is 14.1. The van der Waals surface area contributed by atoms with E-state index in [1.165, 1.54) is 37.3 Å². The molecule has 0 aliphatic heterocycles. The summed E-state index contributed by atoms with van der Waals surface area (Å²) >= 11 is 0. The molecule has 0 spiro atoms. The van der Waals surface area contributed by atoms with Crippen molar-refractivity contribution in [3.8, 4) is 11.5 Å². The van der Waals surface area contributed by atoms with Crippen LogP contribution in [0.2, 0.25) is 0 Å². The average molecular weight is 608 g/mol. The monoisotopic (exact) mass is 607 g/mol. The minimum Gasteiger partial charge on any atom is -0.493 e. The maximum atomic E-state index is 14.2. The van der Waals surface area contributed by atoms with Gasteiger partial charge in [-0.3, -0.25) is 13.9 Å². The molecule has 0 bridgehead atoms. The summed E-state index contributed by atoms with van der Waals surface area (Å²) in [6.45, 7) is 3.51. The van der Waals surface area contributed by atoms with Crippen molar-refractivity contribution in [3.05, 3.63) is 83.9 Å². The van der Waals surface area contributed by atoms with E-state index in [1.54, 1.807) is 30.3 Å². The highest BCUT2D eigenvalue weighted by Crippen LogP contribution is 2.32. The zero-order chi connectivity index (χ0) is 31.0. The van der Waals surface area contributed by atoms with Gasteiger partial charge in [0.05, 0.1) is 24.8 Å². The van der Waals surface area contributed by atoms with Crippen molar-refractivity contribution in [1.82, 2.24) is 10.2 Å². The fraction of sp³-hybridized carbons (Fsp3) is 0.394. The molecule has 1 aliphatic carbocycles. The topological polar surface area (TPSA) is 105 Å². The molecular weight excluding hydrogens is 566 g/mol. The highest BCUT2D eigenvalue weighted by molar-refractivity contribution is 7.92. The first-order valence-corrected chi connectivity index (χ1v) is 16.1. The summed E-state index contributed by atoms with van der Waals surface area (Å²) in [5, 5.41) is 3.13. The van der Waals surface area contributed by atoms with Gasteiger partial charge in [-0.1, -0.05) is 67.8 Å². The van der Waals surface area contributed by atoms with Crippen LogP contribution in [-0.2, 0) is 26.2 Å². The van der Waals surface area contributed by atoms with Gasteiger partial charge in [-0.05, 0) is 56.0 Å². The molecule has 230 valence electrons. The van der Waals surface area contributed by atoms with E-state index < -0.39 is 28.5 Å². The van der Waals surface area contributed by atoms with Gasteiger partial charge in [0.15, 0.2) is 11.5 Å². The molecule has 1 fully saturated rings. The summed E-state index contributed by atoms with van der Waals surface area (Å²) in [5.41, 5.74) is 2.24. The second-order valence-corrected chi connectivity index (χ2v) is 12.6. The number of carbonyl (C=O) groups is 2. The predicted molar refractivity (Wildman–Crippen MR) is 167 cm³/mol. The van der Waals surface area contributed by atoms with E-state index in [4.69, 9.17) is 9.47 Å². The Bertz CT molecular complexity index is 1490. The molecule has 1 atom stereocenters. The average Bonchev–Trinajstić information content (AvgIpc) is 3.53. The molecule has 0 radical (unpaired) electrons. The van der Waals surface area contributed by atoms with Crippen LogP contribution in [-0.4, -0.2) is 58.0 Å². The van der Waals surface area contributed by atoms with Gasteiger partial charge in [0.2, 0.25) is 11.8 Å². The zero-order valence-electron chi connectivity index (χ0n) is 25.3. The van der Waals surface area contributed by atoms with Gasteiger partial charge in [-0.25, -0.2) is 8.42 Å². The maximum absolute atomic E-state index is 14.2. The maximum Gasteiger partial charge on any atom is 0.264 e. The van der Waals surface area contributed by atoms with E-state index in [-0.39, 0.29) is 29.1 Å². The number of hydrogen-bond donors (Lipinski definition) is 1. The van der Waals surface area contributed by atoms with Crippen LogP contribution >= 0.6 is 0 Å². The Labute approximate surface area is 254 Å². The number of sulfonamides is 1. The lowest BCUT2D eigenvalue weighted by Crippen LogP contribution is -2.53. The first-order chi connectivity index (χ1) is 20.7. The smallest absolute Gasteiger partial charge is 0.264 e. The second-order valence-electron chi connectivity index (χ2n) is 10.8. The van der Waals surface area contributed by atoms with Crippen LogP contribution in [0.1, 0.15) is 50.2 Å². The van der Waals surface area contributed by atoms with Crippen molar-refractivity contribution in [3.63, 3.8) is 0 Å². The summed E-state index contributed by atoms with van der Waals surface area (Å²) in [6, 6.07) is 19.9. The number of aryl methyl sites for hydroxylation is 1. The van der Waals surface area contributed by atoms with Crippen molar-refractivity contribution in [2.24, 2.45) is 0 Å². The number of anilines is 1. The third kappa shape index (κ3) is 7.67. The fourth-order valence-corrected chi connectivity index (χ4v) is 6.83. The van der Waals surface area contributed by atoms with Crippen LogP contribution in [0.15, 0.2) is 77.7 Å². The number of methoxy groups -OCH3 is 2. The lowest BCUT2D eigenvalue weighted by Gasteiger charge is -2.33. The van der Waals surface area contributed by atoms with E-state index in [9.17, 15) is 18.0 Å². The zero-order valence-corrected chi connectivity index (χ0v) is 26.1. The molecule has 3 aromatic rings. The molecule has 1 saturated carbocycles. The van der Waals surface area contributed by atoms with Crippen LogP contribution in [0.4, 0.5) is 5.69 Å². The van der Waals surface area contributed by atoms with Crippen molar-refractivity contribution < 1.29 is 27.5 Å². The summed E-state index contributed by atoms with van der Waals surface area (Å²) in [6.07, 6.45) is 4.34. The Balaban J connectivity index is 1.71. The van der Waals surface area contributed by atoms with Crippen LogP contribution in [0.3, 0.4) is 0 Å². The molecular formula is C33H41N3O6S. The van der Waals surface area contributed by atoms with Gasteiger partial charge >= 0.3 is 0 Å². The van der Waals surface area contributed by atoms with E-state index in [0.717, 1.165) is 41.1 Å². The second kappa shape index (κ2) is 14.4. The number of carbonyl (C=O) groups excluding carboxylic acids is 2. The van der Waals surface area contributed by atoms with E-state index in [1.807, 2.05) is 38.1 Å². The first kappa shape index (κ1) is 31.9.